The van der Waals surface area contributed by atoms with Gasteiger partial charge in [-0.3, -0.25) is 9.59 Å². The highest BCUT2D eigenvalue weighted by Gasteiger charge is 2.30. The molecular formula is C26H24O4. The van der Waals surface area contributed by atoms with Gasteiger partial charge in [-0.25, -0.2) is 0 Å². The van der Waals surface area contributed by atoms with E-state index in [1.807, 2.05) is 72.8 Å². The molecule has 0 radical (unpaired) electrons. The summed E-state index contributed by atoms with van der Waals surface area (Å²) in [6, 6.07) is 16.6. The Balaban J connectivity index is 1.69. The first-order valence-corrected chi connectivity index (χ1v) is 10.2. The van der Waals surface area contributed by atoms with Gasteiger partial charge in [-0.05, 0) is 48.4 Å². The number of ketones is 2. The van der Waals surface area contributed by atoms with Crippen LogP contribution >= 0.6 is 0 Å². The van der Waals surface area contributed by atoms with Crippen molar-refractivity contribution >= 4 is 11.6 Å². The number of fused-ring (bicyclic) bond motifs is 3. The lowest BCUT2D eigenvalue weighted by Crippen LogP contribution is -2.24. The van der Waals surface area contributed by atoms with Crippen LogP contribution in [-0.2, 0) is 9.53 Å². The van der Waals surface area contributed by atoms with Crippen molar-refractivity contribution in [2.75, 3.05) is 13.2 Å². The van der Waals surface area contributed by atoms with Crippen LogP contribution in [0.5, 0.6) is 5.75 Å². The van der Waals surface area contributed by atoms with Gasteiger partial charge in [0.25, 0.3) is 0 Å². The fraction of sp³-hybridized carbons (Fsp3) is 0.231. The molecule has 4 nitrogen and oxygen atoms in total. The van der Waals surface area contributed by atoms with Gasteiger partial charge >= 0.3 is 0 Å². The van der Waals surface area contributed by atoms with E-state index in [1.165, 1.54) is 0 Å². The van der Waals surface area contributed by atoms with E-state index in [1.54, 1.807) is 12.1 Å². The van der Waals surface area contributed by atoms with Gasteiger partial charge in [-0.15, -0.1) is 0 Å². The minimum atomic E-state index is -0.547. The molecule has 0 amide bonds. The molecular weight excluding hydrogens is 376 g/mol. The Morgan fingerprint density at radius 3 is 2.57 bits per heavy atom. The third kappa shape index (κ3) is 4.77. The summed E-state index contributed by atoms with van der Waals surface area (Å²) >= 11 is 0. The van der Waals surface area contributed by atoms with Gasteiger partial charge in [-0.2, -0.15) is 0 Å². The van der Waals surface area contributed by atoms with Crippen LogP contribution in [0.15, 0.2) is 90.7 Å². The van der Waals surface area contributed by atoms with E-state index in [9.17, 15) is 9.59 Å². The summed E-state index contributed by atoms with van der Waals surface area (Å²) < 4.78 is 11.5. The van der Waals surface area contributed by atoms with Gasteiger partial charge < -0.3 is 9.47 Å². The van der Waals surface area contributed by atoms with Crippen molar-refractivity contribution in [1.82, 2.24) is 0 Å². The summed E-state index contributed by atoms with van der Waals surface area (Å²) in [6.45, 7) is 0.822. The van der Waals surface area contributed by atoms with Crippen molar-refractivity contribution in [3.8, 4) is 5.75 Å². The number of hydrogen-bond acceptors (Lipinski definition) is 4. The molecule has 0 N–H and O–H groups in total. The van der Waals surface area contributed by atoms with E-state index >= 15 is 0 Å². The third-order valence-corrected chi connectivity index (χ3v) is 5.35. The monoisotopic (exact) mass is 400 g/mol. The van der Waals surface area contributed by atoms with Crippen molar-refractivity contribution in [1.29, 1.82) is 0 Å². The van der Waals surface area contributed by atoms with Crippen LogP contribution < -0.4 is 4.74 Å². The van der Waals surface area contributed by atoms with Gasteiger partial charge in [0.15, 0.2) is 5.78 Å². The van der Waals surface area contributed by atoms with E-state index in [-0.39, 0.29) is 23.9 Å². The van der Waals surface area contributed by atoms with Crippen molar-refractivity contribution in [2.24, 2.45) is 5.92 Å². The number of carbonyl (C=O) groups excluding carboxylic acids is 2. The molecule has 4 rings (SSSR count). The fourth-order valence-electron chi connectivity index (χ4n) is 3.76. The average Bonchev–Trinajstić information content (AvgIpc) is 2.79. The van der Waals surface area contributed by atoms with Gasteiger partial charge in [0.1, 0.15) is 30.5 Å². The highest BCUT2D eigenvalue weighted by molar-refractivity contribution is 6.01. The first kappa shape index (κ1) is 19.9. The lowest BCUT2D eigenvalue weighted by atomic mass is 9.80. The van der Waals surface area contributed by atoms with Gasteiger partial charge in [0.2, 0.25) is 0 Å². The number of Topliss-reactive ketones (excluding diaryl/α,β-unsaturated/α-hetero) is 2. The molecule has 1 heterocycles. The molecule has 0 aromatic heterocycles. The minimum Gasteiger partial charge on any atom is -0.490 e. The smallest absolute Gasteiger partial charge is 0.163 e. The molecule has 2 aliphatic rings. The van der Waals surface area contributed by atoms with Crippen LogP contribution in [0.3, 0.4) is 0 Å². The maximum atomic E-state index is 13.6. The van der Waals surface area contributed by atoms with E-state index in [4.69, 9.17) is 9.47 Å². The molecule has 0 fully saturated rings. The van der Waals surface area contributed by atoms with Crippen molar-refractivity contribution < 1.29 is 19.1 Å². The number of allylic oxidation sites excluding steroid dienone is 3. The van der Waals surface area contributed by atoms with Gasteiger partial charge in [0, 0.05) is 17.9 Å². The summed E-state index contributed by atoms with van der Waals surface area (Å²) in [4.78, 5) is 26.5. The topological polar surface area (TPSA) is 52.6 Å². The maximum absolute atomic E-state index is 13.6. The fourth-order valence-corrected chi connectivity index (χ4v) is 3.76. The van der Waals surface area contributed by atoms with Crippen LogP contribution in [0, 0.1) is 5.92 Å². The molecule has 4 bridgehead atoms. The zero-order valence-corrected chi connectivity index (χ0v) is 16.7. The number of carbonyl (C=O) groups is 2. The van der Waals surface area contributed by atoms with Gasteiger partial charge in [0.05, 0.1) is 5.92 Å². The molecule has 4 heteroatoms. The predicted molar refractivity (Wildman–Crippen MR) is 115 cm³/mol. The maximum Gasteiger partial charge on any atom is 0.163 e. The molecule has 2 aromatic rings. The highest BCUT2D eigenvalue weighted by Crippen LogP contribution is 2.32. The number of ether oxygens (including phenoxy) is 2. The lowest BCUT2D eigenvalue weighted by molar-refractivity contribution is -0.123. The summed E-state index contributed by atoms with van der Waals surface area (Å²) in [5.74, 6) is 0.471. The van der Waals surface area contributed by atoms with Crippen LogP contribution in [0.4, 0.5) is 0 Å². The second-order valence-corrected chi connectivity index (χ2v) is 7.43. The highest BCUT2D eigenvalue weighted by atomic mass is 16.5. The van der Waals surface area contributed by atoms with Crippen LogP contribution in [-0.4, -0.2) is 24.8 Å². The minimum absolute atomic E-state index is 0.0227. The number of rotatable bonds is 3. The largest absolute Gasteiger partial charge is 0.490 e. The molecule has 0 saturated heterocycles. The van der Waals surface area contributed by atoms with Crippen molar-refractivity contribution in [2.45, 2.75) is 18.8 Å². The summed E-state index contributed by atoms with van der Waals surface area (Å²) in [6.07, 6.45) is 10.3. The molecule has 1 aliphatic carbocycles. The van der Waals surface area contributed by atoms with Crippen LogP contribution in [0.1, 0.15) is 34.7 Å². The van der Waals surface area contributed by atoms with E-state index in [0.717, 1.165) is 5.56 Å². The standard InChI is InChI=1S/C26H24O4/c27-25(19-8-2-1-3-9-19)18-24-20-10-6-12-22(16-20)29-14-4-5-15-30-23-13-7-11-21(17-23)26(24)28/h1-10,12-13,16-17,21,24H,11,14-15,18H2/b5-4+. The van der Waals surface area contributed by atoms with Crippen LogP contribution in [0.25, 0.3) is 0 Å². The Hall–Kier alpha value is -3.40. The van der Waals surface area contributed by atoms with Crippen molar-refractivity contribution in [3.05, 3.63) is 102 Å². The molecule has 2 aromatic carbocycles. The zero-order chi connectivity index (χ0) is 20.8. The number of hydrogen-bond donors (Lipinski definition) is 0. The SMILES string of the molecule is O=C(CC1C(=O)C2C=C(C=CC2)OC/C=C/COc2cccc1c2)c1ccccc1. The quantitative estimate of drug-likeness (QED) is 0.535. The van der Waals surface area contributed by atoms with Crippen molar-refractivity contribution in [3.63, 3.8) is 0 Å². The average molecular weight is 400 g/mol. The lowest BCUT2D eigenvalue weighted by Gasteiger charge is -2.23. The van der Waals surface area contributed by atoms with Crippen LogP contribution in [0.2, 0.25) is 0 Å². The summed E-state index contributed by atoms with van der Waals surface area (Å²) in [5.41, 5.74) is 1.42. The Morgan fingerprint density at radius 2 is 1.73 bits per heavy atom. The molecule has 2 unspecified atom stereocenters. The normalized spacial score (nSPS) is 22.1. The molecule has 0 saturated carbocycles. The van der Waals surface area contributed by atoms with E-state index in [2.05, 4.69) is 0 Å². The third-order valence-electron chi connectivity index (χ3n) is 5.35. The Labute approximate surface area is 176 Å². The molecule has 152 valence electrons. The number of benzene rings is 2. The second-order valence-electron chi connectivity index (χ2n) is 7.43. The first-order chi connectivity index (χ1) is 14.7. The summed E-state index contributed by atoms with van der Waals surface area (Å²) in [5, 5.41) is 0. The first-order valence-electron chi connectivity index (χ1n) is 10.2. The second kappa shape index (κ2) is 9.40. The Morgan fingerprint density at radius 1 is 0.933 bits per heavy atom. The predicted octanol–water partition coefficient (Wildman–Crippen LogP) is 5.04. The Bertz CT molecular complexity index is 1000. The molecule has 30 heavy (non-hydrogen) atoms. The molecule has 0 spiro atoms. The summed E-state index contributed by atoms with van der Waals surface area (Å²) in [7, 11) is 0. The van der Waals surface area contributed by atoms with E-state index < -0.39 is 5.92 Å². The molecule has 2 atom stereocenters. The molecule has 1 aliphatic heterocycles. The Kier molecular flexibility index (Phi) is 6.23. The van der Waals surface area contributed by atoms with Gasteiger partial charge in [-0.1, -0.05) is 48.5 Å². The zero-order valence-electron chi connectivity index (χ0n) is 16.7. The van der Waals surface area contributed by atoms with E-state index in [0.29, 0.717) is 36.7 Å².